The molecule has 0 atom stereocenters. The molecule has 3 nitrogen and oxygen atoms in total. The number of benzene rings is 1. The van der Waals surface area contributed by atoms with Gasteiger partial charge in [-0.25, -0.2) is 4.39 Å². The summed E-state index contributed by atoms with van der Waals surface area (Å²) in [5.74, 6) is -0.214. The van der Waals surface area contributed by atoms with E-state index in [1.165, 1.54) is 12.1 Å². The van der Waals surface area contributed by atoms with Gasteiger partial charge in [-0.15, -0.1) is 0 Å². The van der Waals surface area contributed by atoms with E-state index in [-0.39, 0.29) is 11.7 Å². The van der Waals surface area contributed by atoms with Gasteiger partial charge in [0.1, 0.15) is 5.82 Å². The van der Waals surface area contributed by atoms with E-state index in [1.807, 2.05) is 6.07 Å². The minimum Gasteiger partial charge on any atom is -0.337 e. The Kier molecular flexibility index (Phi) is 4.10. The molecule has 0 N–H and O–H groups in total. The van der Waals surface area contributed by atoms with Crippen molar-refractivity contribution in [2.24, 2.45) is 0 Å². The zero-order chi connectivity index (χ0) is 13.0. The average molecular weight is 248 g/mol. The van der Waals surface area contributed by atoms with Crippen molar-refractivity contribution in [3.63, 3.8) is 0 Å². The summed E-state index contributed by atoms with van der Waals surface area (Å²) in [6.07, 6.45) is 1.35. The predicted octanol–water partition coefficient (Wildman–Crippen LogP) is 1.66. The maximum Gasteiger partial charge on any atom is 0.246 e. The van der Waals surface area contributed by atoms with E-state index in [0.717, 1.165) is 25.2 Å². The quantitative estimate of drug-likeness (QED) is 0.759. The van der Waals surface area contributed by atoms with Crippen LogP contribution in [0.15, 0.2) is 36.9 Å². The molecule has 0 radical (unpaired) electrons. The van der Waals surface area contributed by atoms with Crippen LogP contribution in [0, 0.1) is 5.82 Å². The van der Waals surface area contributed by atoms with Crippen molar-refractivity contribution >= 4 is 5.91 Å². The topological polar surface area (TPSA) is 23.6 Å². The van der Waals surface area contributed by atoms with Crippen LogP contribution in [-0.2, 0) is 11.3 Å². The third-order valence-corrected chi connectivity index (χ3v) is 3.15. The Morgan fingerprint density at radius 1 is 1.33 bits per heavy atom. The predicted molar refractivity (Wildman–Crippen MR) is 68.5 cm³/mol. The third kappa shape index (κ3) is 3.17. The van der Waals surface area contributed by atoms with Crippen LogP contribution in [0.3, 0.4) is 0 Å². The molecule has 1 aliphatic heterocycles. The van der Waals surface area contributed by atoms with Crippen molar-refractivity contribution in [1.29, 1.82) is 0 Å². The normalized spacial score (nSPS) is 16.6. The average Bonchev–Trinajstić information content (AvgIpc) is 2.39. The highest BCUT2D eigenvalue weighted by molar-refractivity contribution is 5.87. The molecule has 1 fully saturated rings. The van der Waals surface area contributed by atoms with Gasteiger partial charge in [-0.05, 0) is 23.8 Å². The van der Waals surface area contributed by atoms with E-state index in [1.54, 1.807) is 17.0 Å². The molecule has 1 aliphatic rings. The van der Waals surface area contributed by atoms with E-state index in [9.17, 15) is 9.18 Å². The smallest absolute Gasteiger partial charge is 0.246 e. The summed E-state index contributed by atoms with van der Waals surface area (Å²) in [4.78, 5) is 15.4. The molecule has 0 bridgehead atoms. The maximum atomic E-state index is 13.1. The van der Waals surface area contributed by atoms with Crippen LogP contribution in [-0.4, -0.2) is 41.9 Å². The highest BCUT2D eigenvalue weighted by Gasteiger charge is 2.19. The highest BCUT2D eigenvalue weighted by Crippen LogP contribution is 2.10. The molecule has 1 amide bonds. The van der Waals surface area contributed by atoms with Crippen LogP contribution in [0.4, 0.5) is 4.39 Å². The number of amides is 1. The van der Waals surface area contributed by atoms with Gasteiger partial charge < -0.3 is 4.90 Å². The second-order valence-corrected chi connectivity index (χ2v) is 4.44. The van der Waals surface area contributed by atoms with Gasteiger partial charge in [0.2, 0.25) is 5.91 Å². The van der Waals surface area contributed by atoms with E-state index in [2.05, 4.69) is 11.5 Å². The number of rotatable bonds is 3. The molecule has 1 aromatic rings. The largest absolute Gasteiger partial charge is 0.337 e. The Morgan fingerprint density at radius 2 is 2.06 bits per heavy atom. The monoisotopic (exact) mass is 248 g/mol. The molecule has 4 heteroatoms. The van der Waals surface area contributed by atoms with Gasteiger partial charge in [-0.2, -0.15) is 0 Å². The van der Waals surface area contributed by atoms with E-state index in [0.29, 0.717) is 13.1 Å². The summed E-state index contributed by atoms with van der Waals surface area (Å²) < 4.78 is 13.1. The Labute approximate surface area is 107 Å². The standard InChI is InChI=1S/C14H17FN2O/c1-2-14(18)17-8-6-16(7-9-17)11-12-4-3-5-13(15)10-12/h2-5,10H,1,6-9,11H2. The van der Waals surface area contributed by atoms with Gasteiger partial charge in [0.25, 0.3) is 0 Å². The zero-order valence-corrected chi connectivity index (χ0v) is 10.3. The summed E-state index contributed by atoms with van der Waals surface area (Å²) in [5.41, 5.74) is 0.971. The fourth-order valence-electron chi connectivity index (χ4n) is 2.15. The summed E-state index contributed by atoms with van der Waals surface area (Å²) in [7, 11) is 0. The fourth-order valence-corrected chi connectivity index (χ4v) is 2.15. The number of piperazine rings is 1. The molecular formula is C14H17FN2O. The Hall–Kier alpha value is -1.68. The van der Waals surface area contributed by atoms with Crippen molar-refractivity contribution in [2.75, 3.05) is 26.2 Å². The molecule has 18 heavy (non-hydrogen) atoms. The minimum absolute atomic E-state index is 0.0135. The third-order valence-electron chi connectivity index (χ3n) is 3.15. The first-order valence-corrected chi connectivity index (χ1v) is 6.07. The van der Waals surface area contributed by atoms with Crippen molar-refractivity contribution in [1.82, 2.24) is 9.80 Å². The molecule has 1 heterocycles. The molecule has 0 aromatic heterocycles. The van der Waals surface area contributed by atoms with Crippen LogP contribution in [0.5, 0.6) is 0 Å². The van der Waals surface area contributed by atoms with Gasteiger partial charge in [0.05, 0.1) is 0 Å². The molecule has 1 saturated heterocycles. The molecule has 2 rings (SSSR count). The zero-order valence-electron chi connectivity index (χ0n) is 10.3. The summed E-state index contributed by atoms with van der Waals surface area (Å²) in [6, 6.07) is 6.65. The number of hydrogen-bond acceptors (Lipinski definition) is 2. The molecule has 96 valence electrons. The lowest BCUT2D eigenvalue weighted by Crippen LogP contribution is -2.47. The lowest BCUT2D eigenvalue weighted by molar-refractivity contribution is -0.127. The van der Waals surface area contributed by atoms with Crippen LogP contribution in [0.25, 0.3) is 0 Å². The van der Waals surface area contributed by atoms with Crippen molar-refractivity contribution < 1.29 is 9.18 Å². The second-order valence-electron chi connectivity index (χ2n) is 4.44. The van der Waals surface area contributed by atoms with Crippen molar-refractivity contribution in [3.8, 4) is 0 Å². The van der Waals surface area contributed by atoms with Crippen molar-refractivity contribution in [2.45, 2.75) is 6.54 Å². The Balaban J connectivity index is 1.87. The van der Waals surface area contributed by atoms with Gasteiger partial charge in [-0.1, -0.05) is 18.7 Å². The molecular weight excluding hydrogens is 231 g/mol. The van der Waals surface area contributed by atoms with E-state index >= 15 is 0 Å². The van der Waals surface area contributed by atoms with Crippen LogP contribution in [0.1, 0.15) is 5.56 Å². The number of nitrogens with zero attached hydrogens (tertiary/aromatic N) is 2. The molecule has 0 aliphatic carbocycles. The van der Waals surface area contributed by atoms with Crippen LogP contribution >= 0.6 is 0 Å². The Morgan fingerprint density at radius 3 is 2.67 bits per heavy atom. The number of halogens is 1. The van der Waals surface area contributed by atoms with Crippen LogP contribution < -0.4 is 0 Å². The first-order valence-electron chi connectivity index (χ1n) is 6.07. The molecule has 0 saturated carbocycles. The minimum atomic E-state index is -0.201. The lowest BCUT2D eigenvalue weighted by atomic mass is 10.2. The summed E-state index contributed by atoms with van der Waals surface area (Å²) in [6.45, 7) is 7.26. The number of hydrogen-bond donors (Lipinski definition) is 0. The first kappa shape index (κ1) is 12.8. The van der Waals surface area contributed by atoms with Gasteiger partial charge in [-0.3, -0.25) is 9.69 Å². The van der Waals surface area contributed by atoms with Crippen molar-refractivity contribution in [3.05, 3.63) is 48.3 Å². The van der Waals surface area contributed by atoms with Gasteiger partial charge in [0.15, 0.2) is 0 Å². The van der Waals surface area contributed by atoms with Gasteiger partial charge in [0, 0.05) is 32.7 Å². The fraction of sp³-hybridized carbons (Fsp3) is 0.357. The van der Waals surface area contributed by atoms with Gasteiger partial charge >= 0.3 is 0 Å². The number of carbonyl (C=O) groups is 1. The molecule has 1 aromatic carbocycles. The first-order chi connectivity index (χ1) is 8.69. The highest BCUT2D eigenvalue weighted by atomic mass is 19.1. The lowest BCUT2D eigenvalue weighted by Gasteiger charge is -2.34. The molecule has 0 spiro atoms. The van der Waals surface area contributed by atoms with Crippen LogP contribution in [0.2, 0.25) is 0 Å². The van der Waals surface area contributed by atoms with E-state index < -0.39 is 0 Å². The maximum absolute atomic E-state index is 13.1. The Bertz CT molecular complexity index is 439. The second kappa shape index (κ2) is 5.78. The molecule has 0 unspecified atom stereocenters. The summed E-state index contributed by atoms with van der Waals surface area (Å²) >= 11 is 0. The number of carbonyl (C=O) groups excluding carboxylic acids is 1. The van der Waals surface area contributed by atoms with E-state index in [4.69, 9.17) is 0 Å². The summed E-state index contributed by atoms with van der Waals surface area (Å²) in [5, 5.41) is 0. The SMILES string of the molecule is C=CC(=O)N1CCN(Cc2cccc(F)c2)CC1.